The van der Waals surface area contributed by atoms with Gasteiger partial charge in [-0.05, 0) is 6.42 Å². The fourth-order valence-electron chi connectivity index (χ4n) is 0.523. The van der Waals surface area contributed by atoms with Gasteiger partial charge in [0, 0.05) is 5.75 Å². The van der Waals surface area contributed by atoms with Crippen LogP contribution in [-0.4, -0.2) is 5.75 Å². The lowest BCUT2D eigenvalue weighted by atomic mass is 10.3. The van der Waals surface area contributed by atoms with Gasteiger partial charge in [-0.25, -0.2) is 0 Å². The summed E-state index contributed by atoms with van der Waals surface area (Å²) in [5, 5.41) is 0. The molecule has 62 valence electrons. The van der Waals surface area contributed by atoms with Gasteiger partial charge in [0.2, 0.25) is 0 Å². The van der Waals surface area contributed by atoms with Crippen molar-refractivity contribution in [1.29, 1.82) is 0 Å². The highest BCUT2D eigenvalue weighted by molar-refractivity contribution is 8.85. The molecule has 10 heavy (non-hydrogen) atoms. The van der Waals surface area contributed by atoms with E-state index in [4.69, 9.17) is 34.3 Å². The molecule has 0 bridgehead atoms. The molecule has 0 N–H and O–H groups in total. The van der Waals surface area contributed by atoms with Crippen LogP contribution >= 0.6 is 37.8 Å². The molecule has 0 rings (SSSR count). The first-order chi connectivity index (χ1) is 4.56. The van der Waals surface area contributed by atoms with Crippen LogP contribution < -0.4 is 0 Å². The Hall–Kier alpha value is 1.58. The molecule has 0 aliphatic rings. The average molecular weight is 237 g/mol. The number of rotatable bonds is 5. The zero-order chi connectivity index (χ0) is 8.04. The molecule has 0 unspecified atom stereocenters. The highest BCUT2D eigenvalue weighted by atomic mass is 35.9. The number of halogens is 2. The number of hydrogen-bond donors (Lipinski definition) is 0. The van der Waals surface area contributed by atoms with Gasteiger partial charge in [0.25, 0.3) is 0 Å². The number of unbranched alkanes of at least 4 members (excludes halogenated alkanes) is 2. The van der Waals surface area contributed by atoms with Crippen LogP contribution in [0, 0.1) is 0 Å². The van der Waals surface area contributed by atoms with E-state index in [-0.39, 0.29) is 0 Å². The standard InChI is InChI=1S/C5H11Cl2PS2/c1-2-3-4-5-10-8(6,7)9/h2-5H2,1H3. The summed E-state index contributed by atoms with van der Waals surface area (Å²) in [4.78, 5) is 0. The summed E-state index contributed by atoms with van der Waals surface area (Å²) in [6, 6.07) is 0. The summed E-state index contributed by atoms with van der Waals surface area (Å²) >= 11 is 17.7. The van der Waals surface area contributed by atoms with Gasteiger partial charge in [0.05, 0.1) is 0 Å². The van der Waals surface area contributed by atoms with Crippen molar-refractivity contribution in [2.24, 2.45) is 0 Å². The van der Waals surface area contributed by atoms with Crippen LogP contribution in [0.2, 0.25) is 0 Å². The molecule has 0 heterocycles. The topological polar surface area (TPSA) is 0 Å². The summed E-state index contributed by atoms with van der Waals surface area (Å²) in [7, 11) is 0. The van der Waals surface area contributed by atoms with Gasteiger partial charge in [-0.1, -0.05) is 65.4 Å². The van der Waals surface area contributed by atoms with E-state index >= 15 is 0 Å². The zero-order valence-corrected chi connectivity index (χ0v) is 9.89. The quantitative estimate of drug-likeness (QED) is 0.505. The molecule has 0 aromatic rings. The molecule has 0 saturated carbocycles. The van der Waals surface area contributed by atoms with Crippen molar-refractivity contribution in [3.63, 3.8) is 0 Å². The third-order valence-electron chi connectivity index (χ3n) is 0.989. The maximum absolute atomic E-state index is 5.67. The predicted octanol–water partition coefficient (Wildman–Crippen LogP) is 4.61. The fourth-order valence-corrected chi connectivity index (χ4v) is 4.01. The molecule has 0 amide bonds. The Labute approximate surface area is 81.4 Å². The molecule has 0 aromatic carbocycles. The molecule has 0 aliphatic heterocycles. The van der Waals surface area contributed by atoms with Crippen molar-refractivity contribution in [2.75, 3.05) is 5.75 Å². The van der Waals surface area contributed by atoms with E-state index in [0.717, 1.165) is 5.75 Å². The largest absolute Gasteiger partial charge is 0.171 e. The first kappa shape index (κ1) is 11.6. The van der Waals surface area contributed by atoms with E-state index in [0.29, 0.717) is 0 Å². The molecule has 0 nitrogen and oxygen atoms in total. The normalized spacial score (nSPS) is 11.9. The molecule has 0 fully saturated rings. The van der Waals surface area contributed by atoms with Crippen molar-refractivity contribution in [3.05, 3.63) is 0 Å². The molecule has 0 radical (unpaired) electrons. The fraction of sp³-hybridized carbons (Fsp3) is 1.00. The molecular formula is C5H11Cl2PS2. The van der Waals surface area contributed by atoms with Crippen LogP contribution in [-0.2, 0) is 11.8 Å². The Kier molecular flexibility index (Phi) is 7.10. The lowest BCUT2D eigenvalue weighted by Gasteiger charge is -2.02. The maximum atomic E-state index is 5.67. The summed E-state index contributed by atoms with van der Waals surface area (Å²) < 4.78 is -2.01. The summed E-state index contributed by atoms with van der Waals surface area (Å²) in [6.07, 6.45) is 3.66. The van der Waals surface area contributed by atoms with Crippen molar-refractivity contribution < 1.29 is 0 Å². The van der Waals surface area contributed by atoms with E-state index in [1.165, 1.54) is 30.6 Å². The van der Waals surface area contributed by atoms with Crippen LogP contribution in [0.3, 0.4) is 0 Å². The Morgan fingerprint density at radius 2 is 2.00 bits per heavy atom. The minimum absolute atomic E-state index is 1.01. The SMILES string of the molecule is CCCCCSP(=S)(Cl)Cl. The monoisotopic (exact) mass is 236 g/mol. The molecule has 0 spiro atoms. The smallest absolute Gasteiger partial charge is 0.0948 e. The molecule has 0 saturated heterocycles. The van der Waals surface area contributed by atoms with Crippen LogP contribution in [0.15, 0.2) is 0 Å². The van der Waals surface area contributed by atoms with Crippen molar-refractivity contribution in [3.8, 4) is 0 Å². The van der Waals surface area contributed by atoms with Crippen LogP contribution in [0.1, 0.15) is 26.2 Å². The van der Waals surface area contributed by atoms with E-state index in [1.807, 2.05) is 0 Å². The highest BCUT2D eigenvalue weighted by Gasteiger charge is 2.06. The van der Waals surface area contributed by atoms with Crippen LogP contribution in [0.4, 0.5) is 0 Å². The Bertz CT molecular complexity index is 123. The molecule has 0 aliphatic carbocycles. The Balaban J connectivity index is 3.13. The summed E-state index contributed by atoms with van der Waals surface area (Å²) in [5.41, 5.74) is 0. The third-order valence-corrected chi connectivity index (χ3v) is 5.92. The third kappa shape index (κ3) is 9.58. The lowest BCUT2D eigenvalue weighted by Crippen LogP contribution is -1.75. The average Bonchev–Trinajstić information content (AvgIpc) is 1.78. The van der Waals surface area contributed by atoms with Gasteiger partial charge >= 0.3 is 0 Å². The minimum Gasteiger partial charge on any atom is -0.0948 e. The van der Waals surface area contributed by atoms with Gasteiger partial charge in [-0.15, -0.1) is 0 Å². The highest BCUT2D eigenvalue weighted by Crippen LogP contribution is 2.68. The van der Waals surface area contributed by atoms with Crippen molar-refractivity contribution in [1.82, 2.24) is 0 Å². The molecular weight excluding hydrogens is 226 g/mol. The van der Waals surface area contributed by atoms with Crippen molar-refractivity contribution in [2.45, 2.75) is 26.2 Å². The van der Waals surface area contributed by atoms with Gasteiger partial charge in [-0.3, -0.25) is 0 Å². The van der Waals surface area contributed by atoms with E-state index in [1.54, 1.807) is 0 Å². The van der Waals surface area contributed by atoms with E-state index in [9.17, 15) is 0 Å². The van der Waals surface area contributed by atoms with Crippen molar-refractivity contribution >= 4 is 49.6 Å². The van der Waals surface area contributed by atoms with Gasteiger partial charge in [0.1, 0.15) is 0 Å². The second-order valence-corrected chi connectivity index (χ2v) is 14.2. The maximum Gasteiger partial charge on any atom is 0.171 e. The second kappa shape index (κ2) is 6.14. The molecule has 0 aromatic heterocycles. The van der Waals surface area contributed by atoms with Crippen LogP contribution in [0.25, 0.3) is 0 Å². The Morgan fingerprint density at radius 1 is 1.40 bits per heavy atom. The zero-order valence-electron chi connectivity index (χ0n) is 5.85. The minimum atomic E-state index is -2.01. The molecule has 0 atom stereocenters. The first-order valence-corrected chi connectivity index (χ1v) is 9.40. The van der Waals surface area contributed by atoms with E-state index < -0.39 is 3.95 Å². The van der Waals surface area contributed by atoms with Gasteiger partial charge in [-0.2, -0.15) is 0 Å². The van der Waals surface area contributed by atoms with Gasteiger partial charge in [0.15, 0.2) is 3.95 Å². The molecule has 5 heteroatoms. The summed E-state index contributed by atoms with van der Waals surface area (Å²) in [6.45, 7) is 2.17. The van der Waals surface area contributed by atoms with Crippen LogP contribution in [0.5, 0.6) is 0 Å². The first-order valence-electron chi connectivity index (χ1n) is 3.20. The lowest BCUT2D eigenvalue weighted by molar-refractivity contribution is 0.779. The van der Waals surface area contributed by atoms with E-state index in [2.05, 4.69) is 6.92 Å². The second-order valence-electron chi connectivity index (χ2n) is 1.95. The predicted molar refractivity (Wildman–Crippen MR) is 58.0 cm³/mol. The Morgan fingerprint density at radius 3 is 2.40 bits per heavy atom. The van der Waals surface area contributed by atoms with Gasteiger partial charge < -0.3 is 0 Å². The number of hydrogen-bond acceptors (Lipinski definition) is 2. The summed E-state index contributed by atoms with van der Waals surface area (Å²) in [5.74, 6) is 1.01.